The molecule has 0 radical (unpaired) electrons. The van der Waals surface area contributed by atoms with Crippen LogP contribution in [-0.4, -0.2) is 36.7 Å². The van der Waals surface area contributed by atoms with Crippen LogP contribution >= 0.6 is 0 Å². The van der Waals surface area contributed by atoms with Crippen molar-refractivity contribution < 1.29 is 0 Å². The minimum absolute atomic E-state index is 0.316. The molecule has 0 amide bonds. The number of hydrazine groups is 1. The van der Waals surface area contributed by atoms with Gasteiger partial charge >= 0.3 is 0 Å². The van der Waals surface area contributed by atoms with Crippen LogP contribution in [0.3, 0.4) is 0 Å². The van der Waals surface area contributed by atoms with Crippen LogP contribution in [0.15, 0.2) is 60.2 Å². The molecule has 1 aliphatic rings. The molecule has 112 valence electrons. The third kappa shape index (κ3) is 4.42. The summed E-state index contributed by atoms with van der Waals surface area (Å²) in [6.45, 7) is 3.32. The van der Waals surface area contributed by atoms with Gasteiger partial charge in [0.05, 0.1) is 6.04 Å². The molecule has 1 atom stereocenters. The molecule has 1 aromatic rings. The van der Waals surface area contributed by atoms with E-state index in [-0.39, 0.29) is 0 Å². The number of unbranched alkanes of at least 4 members (excludes halogenated alkanes) is 1. The zero-order chi connectivity index (χ0) is 15.1. The Hall–Kier alpha value is -1.64. The lowest BCUT2D eigenvalue weighted by atomic mass is 9.98. The summed E-state index contributed by atoms with van der Waals surface area (Å²) in [5, 5.41) is 4.64. The Morgan fingerprint density at radius 1 is 1.10 bits per heavy atom. The van der Waals surface area contributed by atoms with Crippen molar-refractivity contribution in [2.24, 2.45) is 0 Å². The number of hydrogen-bond donors (Lipinski definition) is 0. The maximum atomic E-state index is 2.43. The monoisotopic (exact) mass is 282 g/mol. The van der Waals surface area contributed by atoms with E-state index < -0.39 is 0 Å². The summed E-state index contributed by atoms with van der Waals surface area (Å²) in [6.07, 6.45) is 13.5. The smallest absolute Gasteiger partial charge is 0.0679 e. The molecule has 0 heterocycles. The molecule has 1 aromatic carbocycles. The van der Waals surface area contributed by atoms with Crippen molar-refractivity contribution in [1.82, 2.24) is 10.0 Å². The Labute approximate surface area is 129 Å². The van der Waals surface area contributed by atoms with E-state index in [2.05, 4.69) is 91.7 Å². The Morgan fingerprint density at radius 3 is 2.52 bits per heavy atom. The minimum atomic E-state index is 0.316. The normalized spacial score (nSPS) is 19.9. The lowest BCUT2D eigenvalue weighted by Crippen LogP contribution is -2.45. The number of hydrogen-bond acceptors (Lipinski definition) is 2. The van der Waals surface area contributed by atoms with Gasteiger partial charge in [-0.1, -0.05) is 68.0 Å². The van der Waals surface area contributed by atoms with Crippen molar-refractivity contribution in [3.05, 3.63) is 65.8 Å². The van der Waals surface area contributed by atoms with Crippen LogP contribution in [0, 0.1) is 0 Å². The van der Waals surface area contributed by atoms with E-state index in [1.54, 1.807) is 0 Å². The second-order valence-electron chi connectivity index (χ2n) is 5.61. The summed E-state index contributed by atoms with van der Waals surface area (Å²) in [6, 6.07) is 10.9. The second-order valence-corrected chi connectivity index (χ2v) is 5.61. The molecule has 2 heteroatoms. The molecule has 0 aromatic heterocycles. The fourth-order valence-electron chi connectivity index (χ4n) is 2.60. The Morgan fingerprint density at radius 2 is 1.86 bits per heavy atom. The van der Waals surface area contributed by atoms with Gasteiger partial charge in [-0.05, 0) is 23.6 Å². The maximum Gasteiger partial charge on any atom is 0.0679 e. The van der Waals surface area contributed by atoms with Gasteiger partial charge in [-0.2, -0.15) is 0 Å². The summed E-state index contributed by atoms with van der Waals surface area (Å²) >= 11 is 0. The summed E-state index contributed by atoms with van der Waals surface area (Å²) in [5.41, 5.74) is 2.60. The number of nitrogens with zero attached hydrogens (tertiary/aromatic N) is 2. The van der Waals surface area contributed by atoms with E-state index in [9.17, 15) is 0 Å². The molecule has 0 saturated heterocycles. The van der Waals surface area contributed by atoms with Gasteiger partial charge in [-0.15, -0.1) is 0 Å². The molecule has 2 rings (SSSR count). The summed E-state index contributed by atoms with van der Waals surface area (Å²) in [7, 11) is 4.25. The third-order valence-corrected chi connectivity index (χ3v) is 3.74. The lowest BCUT2D eigenvalue weighted by molar-refractivity contribution is 0.0101. The number of rotatable bonds is 6. The molecule has 0 fully saturated rings. The molecule has 0 aliphatic heterocycles. The highest BCUT2D eigenvalue weighted by Crippen LogP contribution is 2.22. The van der Waals surface area contributed by atoms with E-state index >= 15 is 0 Å². The van der Waals surface area contributed by atoms with Crippen LogP contribution in [-0.2, 0) is 0 Å². The van der Waals surface area contributed by atoms with Gasteiger partial charge in [-0.25, -0.2) is 10.0 Å². The van der Waals surface area contributed by atoms with E-state index in [1.807, 2.05) is 0 Å². The van der Waals surface area contributed by atoms with Crippen molar-refractivity contribution in [2.75, 3.05) is 20.6 Å². The van der Waals surface area contributed by atoms with E-state index in [0.29, 0.717) is 6.04 Å². The zero-order valence-electron chi connectivity index (χ0n) is 13.4. The van der Waals surface area contributed by atoms with Crippen molar-refractivity contribution in [3.63, 3.8) is 0 Å². The second kappa shape index (κ2) is 7.96. The lowest BCUT2D eigenvalue weighted by Gasteiger charge is -2.36. The van der Waals surface area contributed by atoms with Gasteiger partial charge < -0.3 is 0 Å². The average Bonchev–Trinajstić information content (AvgIpc) is 2.50. The maximum absolute atomic E-state index is 2.43. The van der Waals surface area contributed by atoms with Gasteiger partial charge in [0.15, 0.2) is 0 Å². The molecule has 2 nitrogen and oxygen atoms in total. The fraction of sp³-hybridized carbons (Fsp3) is 0.368. The van der Waals surface area contributed by atoms with Gasteiger partial charge in [-0.3, -0.25) is 0 Å². The highest BCUT2D eigenvalue weighted by molar-refractivity contribution is 5.59. The Balaban J connectivity index is 2.24. The molecular formula is C19H26N2. The number of benzene rings is 1. The summed E-state index contributed by atoms with van der Waals surface area (Å²) in [5.74, 6) is 0. The first-order chi connectivity index (χ1) is 10.2. The molecular weight excluding hydrogens is 256 g/mol. The average molecular weight is 282 g/mol. The van der Waals surface area contributed by atoms with Crippen LogP contribution < -0.4 is 0 Å². The van der Waals surface area contributed by atoms with E-state index in [4.69, 9.17) is 0 Å². The Kier molecular flexibility index (Phi) is 5.97. The van der Waals surface area contributed by atoms with Crippen molar-refractivity contribution >= 4 is 6.08 Å². The predicted octanol–water partition coefficient (Wildman–Crippen LogP) is 4.14. The molecule has 0 bridgehead atoms. The first-order valence-electron chi connectivity index (χ1n) is 7.77. The van der Waals surface area contributed by atoms with Crippen molar-refractivity contribution in [3.8, 4) is 0 Å². The van der Waals surface area contributed by atoms with Crippen LogP contribution in [0.5, 0.6) is 0 Å². The van der Waals surface area contributed by atoms with Crippen LogP contribution in [0.2, 0.25) is 0 Å². The van der Waals surface area contributed by atoms with Gasteiger partial charge in [0, 0.05) is 20.6 Å². The first-order valence-corrected chi connectivity index (χ1v) is 7.77. The minimum Gasteiger partial charge on any atom is -0.247 e. The summed E-state index contributed by atoms with van der Waals surface area (Å²) < 4.78 is 0. The largest absolute Gasteiger partial charge is 0.247 e. The molecule has 21 heavy (non-hydrogen) atoms. The fourth-order valence-corrected chi connectivity index (χ4v) is 2.60. The summed E-state index contributed by atoms with van der Waals surface area (Å²) in [4.78, 5) is 0. The standard InChI is InChI=1S/C19H26N2/c1-4-5-15-21(20(2)3)19-14-10-9-13-18(19)16-17-11-7-6-8-12-17/h6-14,16,19H,4-5,15H2,1-3H3. The van der Waals surface area contributed by atoms with Gasteiger partial charge in [0.25, 0.3) is 0 Å². The molecule has 0 spiro atoms. The van der Waals surface area contributed by atoms with Gasteiger partial charge in [0.1, 0.15) is 0 Å². The van der Waals surface area contributed by atoms with Crippen molar-refractivity contribution in [2.45, 2.75) is 25.8 Å². The molecule has 1 unspecified atom stereocenters. The Bertz CT molecular complexity index is 512. The highest BCUT2D eigenvalue weighted by Gasteiger charge is 2.21. The van der Waals surface area contributed by atoms with E-state index in [0.717, 1.165) is 6.54 Å². The van der Waals surface area contributed by atoms with Crippen LogP contribution in [0.25, 0.3) is 6.08 Å². The van der Waals surface area contributed by atoms with E-state index in [1.165, 1.54) is 24.0 Å². The topological polar surface area (TPSA) is 6.48 Å². The first kappa shape index (κ1) is 15.7. The quantitative estimate of drug-likeness (QED) is 0.723. The predicted molar refractivity (Wildman–Crippen MR) is 91.8 cm³/mol. The van der Waals surface area contributed by atoms with Crippen LogP contribution in [0.1, 0.15) is 25.3 Å². The molecule has 0 N–H and O–H groups in total. The van der Waals surface area contributed by atoms with Crippen molar-refractivity contribution in [1.29, 1.82) is 0 Å². The SMILES string of the molecule is CCCCN(C1C=CC=CC1=Cc1ccccc1)N(C)C. The highest BCUT2D eigenvalue weighted by atomic mass is 15.6. The molecule has 1 aliphatic carbocycles. The van der Waals surface area contributed by atoms with Crippen LogP contribution in [0.4, 0.5) is 0 Å². The number of allylic oxidation sites excluding steroid dienone is 2. The zero-order valence-corrected chi connectivity index (χ0v) is 13.4. The molecule has 0 saturated carbocycles. The third-order valence-electron chi connectivity index (χ3n) is 3.74. The van der Waals surface area contributed by atoms with Gasteiger partial charge in [0.2, 0.25) is 0 Å².